The number of fused-ring (bicyclic) bond motifs is 4. The van der Waals surface area contributed by atoms with Gasteiger partial charge in [-0.15, -0.1) is 0 Å². The molecule has 4 heteroatoms. The Balaban J connectivity index is 1.60. The molecule has 2 heterocycles. The van der Waals surface area contributed by atoms with E-state index in [0.29, 0.717) is 12.8 Å². The minimum Gasteiger partial charge on any atom is -0.370 e. The maximum atomic E-state index is 12.2. The first-order valence-electron chi connectivity index (χ1n) is 7.79. The van der Waals surface area contributed by atoms with Crippen molar-refractivity contribution in [3.8, 4) is 0 Å². The van der Waals surface area contributed by atoms with E-state index in [4.69, 9.17) is 5.73 Å². The Hall–Kier alpha value is -1.84. The third-order valence-electron chi connectivity index (χ3n) is 3.94. The number of rotatable bonds is 8. The third-order valence-corrected chi connectivity index (χ3v) is 3.94. The number of unbranched alkanes of at least 4 members (excludes halogenated alkanes) is 4. The maximum Gasteiger partial charge on any atom is 0.223 e. The number of hydrogen-bond donors (Lipinski definition) is 1. The number of benzene rings is 1. The topological polar surface area (TPSA) is 63.4 Å². The van der Waals surface area contributed by atoms with E-state index in [9.17, 15) is 9.59 Å². The van der Waals surface area contributed by atoms with Crippen LogP contribution in [-0.2, 0) is 22.7 Å². The van der Waals surface area contributed by atoms with Crippen molar-refractivity contribution in [1.29, 1.82) is 0 Å². The van der Waals surface area contributed by atoms with Gasteiger partial charge in [0.2, 0.25) is 11.8 Å². The summed E-state index contributed by atoms with van der Waals surface area (Å²) in [5.41, 5.74) is 7.50. The number of carbonyl (C=O) groups is 2. The molecular formula is C17H24N2O2. The Morgan fingerprint density at radius 1 is 0.857 bits per heavy atom. The van der Waals surface area contributed by atoms with Crippen molar-refractivity contribution in [3.63, 3.8) is 0 Å². The molecule has 0 unspecified atom stereocenters. The summed E-state index contributed by atoms with van der Waals surface area (Å²) in [6, 6.07) is 8.39. The number of hydrogen-bond acceptors (Lipinski definition) is 2. The van der Waals surface area contributed by atoms with Gasteiger partial charge < -0.3 is 10.6 Å². The second kappa shape index (κ2) is 7.81. The Kier molecular flexibility index (Phi) is 5.78. The number of nitrogens with zero attached hydrogens (tertiary/aromatic N) is 1. The van der Waals surface area contributed by atoms with Gasteiger partial charge in [-0.2, -0.15) is 0 Å². The molecule has 3 rings (SSSR count). The van der Waals surface area contributed by atoms with Gasteiger partial charge in [-0.25, -0.2) is 0 Å². The lowest BCUT2D eigenvalue weighted by molar-refractivity contribution is -0.132. The fourth-order valence-corrected chi connectivity index (χ4v) is 2.69. The van der Waals surface area contributed by atoms with Gasteiger partial charge in [-0.3, -0.25) is 9.59 Å². The second-order valence-electron chi connectivity index (χ2n) is 5.80. The average molecular weight is 288 g/mol. The van der Waals surface area contributed by atoms with E-state index in [-0.39, 0.29) is 11.8 Å². The van der Waals surface area contributed by atoms with Gasteiger partial charge >= 0.3 is 0 Å². The maximum absolute atomic E-state index is 12.2. The number of carbonyl (C=O) groups excluding carboxylic acids is 2. The van der Waals surface area contributed by atoms with Gasteiger partial charge in [-0.1, -0.05) is 43.5 Å². The highest BCUT2D eigenvalue weighted by atomic mass is 16.2. The van der Waals surface area contributed by atoms with Crippen LogP contribution >= 0.6 is 0 Å². The molecule has 0 aliphatic carbocycles. The van der Waals surface area contributed by atoms with Gasteiger partial charge in [0.1, 0.15) is 0 Å². The highest BCUT2D eigenvalue weighted by Gasteiger charge is 2.17. The van der Waals surface area contributed by atoms with Crippen molar-refractivity contribution in [2.75, 3.05) is 0 Å². The standard InChI is InChI=1S/C17H24N2O2/c18-16(20)6-4-2-1-3-5-7-17(21)19-12-14-8-9-15(13-19)11-10-14/h8-11H,1-7,12-13H2,(H2,18,20). The lowest BCUT2D eigenvalue weighted by Gasteiger charge is -2.20. The molecule has 21 heavy (non-hydrogen) atoms. The molecule has 0 fully saturated rings. The minimum atomic E-state index is -0.224. The summed E-state index contributed by atoms with van der Waals surface area (Å²) in [6.07, 6.45) is 6.02. The van der Waals surface area contributed by atoms with Gasteiger partial charge in [0.25, 0.3) is 0 Å². The van der Waals surface area contributed by atoms with Gasteiger partial charge in [0.15, 0.2) is 0 Å². The Labute approximate surface area is 126 Å². The molecule has 2 aliphatic rings. The van der Waals surface area contributed by atoms with Crippen LogP contribution in [0.5, 0.6) is 0 Å². The average Bonchev–Trinajstić information content (AvgIpc) is 2.79. The monoisotopic (exact) mass is 288 g/mol. The molecule has 1 aromatic carbocycles. The van der Waals surface area contributed by atoms with Crippen LogP contribution in [0.4, 0.5) is 0 Å². The molecular weight excluding hydrogens is 264 g/mol. The van der Waals surface area contributed by atoms with Crippen molar-refractivity contribution >= 4 is 11.8 Å². The first-order chi connectivity index (χ1) is 10.1. The van der Waals surface area contributed by atoms with Crippen molar-refractivity contribution < 1.29 is 9.59 Å². The lowest BCUT2D eigenvalue weighted by atomic mass is 10.1. The smallest absolute Gasteiger partial charge is 0.223 e. The van der Waals surface area contributed by atoms with Gasteiger partial charge in [0, 0.05) is 25.9 Å². The number of primary amides is 1. The zero-order valence-electron chi connectivity index (χ0n) is 12.5. The Morgan fingerprint density at radius 2 is 1.33 bits per heavy atom. The van der Waals surface area contributed by atoms with Crippen LogP contribution in [0.3, 0.4) is 0 Å². The van der Waals surface area contributed by atoms with Crippen LogP contribution < -0.4 is 5.73 Å². The van der Waals surface area contributed by atoms with E-state index in [1.165, 1.54) is 11.1 Å². The predicted molar refractivity (Wildman–Crippen MR) is 82.2 cm³/mol. The van der Waals surface area contributed by atoms with E-state index in [1.807, 2.05) is 4.90 Å². The van der Waals surface area contributed by atoms with E-state index < -0.39 is 0 Å². The van der Waals surface area contributed by atoms with Gasteiger partial charge in [0.05, 0.1) is 0 Å². The molecule has 114 valence electrons. The molecule has 1 aromatic rings. The Morgan fingerprint density at radius 3 is 1.86 bits per heavy atom. The molecule has 0 saturated heterocycles. The molecule has 0 spiro atoms. The summed E-state index contributed by atoms with van der Waals surface area (Å²) in [7, 11) is 0. The normalized spacial score (nSPS) is 13.2. The van der Waals surface area contributed by atoms with Crippen LogP contribution in [-0.4, -0.2) is 16.7 Å². The predicted octanol–water partition coefficient (Wildman–Crippen LogP) is 2.74. The summed E-state index contributed by atoms with van der Waals surface area (Å²) < 4.78 is 0. The SMILES string of the molecule is NC(=O)CCCCCCCC(=O)N1Cc2ccc(cc2)C1. The largest absolute Gasteiger partial charge is 0.370 e. The number of nitrogens with two attached hydrogens (primary N) is 1. The Bertz CT molecular complexity index is 457. The zero-order valence-corrected chi connectivity index (χ0v) is 12.5. The summed E-state index contributed by atoms with van der Waals surface area (Å²) in [4.78, 5) is 24.8. The van der Waals surface area contributed by atoms with Crippen LogP contribution in [0.25, 0.3) is 0 Å². The zero-order chi connectivity index (χ0) is 15.1. The molecule has 0 atom stereocenters. The van der Waals surface area contributed by atoms with Crippen molar-refractivity contribution in [2.24, 2.45) is 5.73 Å². The minimum absolute atomic E-state index is 0.224. The molecule has 2 amide bonds. The van der Waals surface area contributed by atoms with Crippen LogP contribution in [0.2, 0.25) is 0 Å². The molecule has 4 nitrogen and oxygen atoms in total. The molecule has 0 saturated carbocycles. The summed E-state index contributed by atoms with van der Waals surface area (Å²) in [5.74, 6) is 0.0210. The summed E-state index contributed by atoms with van der Waals surface area (Å²) >= 11 is 0. The first kappa shape index (κ1) is 15.5. The van der Waals surface area contributed by atoms with Crippen molar-refractivity contribution in [3.05, 3.63) is 35.4 Å². The summed E-state index contributed by atoms with van der Waals surface area (Å²) in [6.45, 7) is 1.46. The van der Waals surface area contributed by atoms with Crippen LogP contribution in [0.1, 0.15) is 56.1 Å². The molecule has 2 bridgehead atoms. The fraction of sp³-hybridized carbons (Fsp3) is 0.529. The highest BCUT2D eigenvalue weighted by molar-refractivity contribution is 5.76. The van der Waals surface area contributed by atoms with Crippen LogP contribution in [0.15, 0.2) is 24.3 Å². The highest BCUT2D eigenvalue weighted by Crippen LogP contribution is 2.18. The first-order valence-corrected chi connectivity index (χ1v) is 7.79. The fourth-order valence-electron chi connectivity index (χ4n) is 2.69. The molecule has 0 radical (unpaired) electrons. The number of amides is 2. The molecule has 2 aliphatic heterocycles. The van der Waals surface area contributed by atoms with E-state index in [2.05, 4.69) is 24.3 Å². The molecule has 0 aromatic heterocycles. The van der Waals surface area contributed by atoms with Gasteiger partial charge in [-0.05, 0) is 24.0 Å². The van der Waals surface area contributed by atoms with E-state index in [1.54, 1.807) is 0 Å². The van der Waals surface area contributed by atoms with Crippen LogP contribution in [0, 0.1) is 0 Å². The summed E-state index contributed by atoms with van der Waals surface area (Å²) in [5, 5.41) is 0. The molecule has 2 N–H and O–H groups in total. The van der Waals surface area contributed by atoms with E-state index >= 15 is 0 Å². The third kappa shape index (κ3) is 5.21. The lowest BCUT2D eigenvalue weighted by Crippen LogP contribution is -2.28. The second-order valence-corrected chi connectivity index (χ2v) is 5.80. The van der Waals surface area contributed by atoms with Crippen molar-refractivity contribution in [1.82, 2.24) is 4.90 Å². The van der Waals surface area contributed by atoms with E-state index in [0.717, 1.165) is 45.2 Å². The quantitative estimate of drug-likeness (QED) is 0.748. The van der Waals surface area contributed by atoms with Crippen molar-refractivity contribution in [2.45, 2.75) is 58.0 Å².